The zero-order valence-electron chi connectivity index (χ0n) is 17.3. The number of amides is 2. The SMILES string of the molecule is Cc1ccc(NC(=O)CCCCCN2C(=O)/C(=C/c3ccccc3)SC2=S)cc1C. The Morgan fingerprint density at radius 3 is 2.57 bits per heavy atom. The highest BCUT2D eigenvalue weighted by Crippen LogP contribution is 2.32. The predicted octanol–water partition coefficient (Wildman–Crippen LogP) is 5.70. The number of benzene rings is 2. The molecule has 0 radical (unpaired) electrons. The van der Waals surface area contributed by atoms with E-state index in [9.17, 15) is 9.59 Å². The first kappa shape index (κ1) is 22.2. The van der Waals surface area contributed by atoms with Crippen LogP contribution < -0.4 is 5.32 Å². The Hall–Kier alpha value is -2.44. The van der Waals surface area contributed by atoms with Gasteiger partial charge in [-0.15, -0.1) is 0 Å². The number of nitrogens with zero attached hydrogens (tertiary/aromatic N) is 1. The molecule has 6 heteroatoms. The third-order valence-electron chi connectivity index (χ3n) is 5.05. The lowest BCUT2D eigenvalue weighted by Gasteiger charge is -2.14. The van der Waals surface area contributed by atoms with Gasteiger partial charge in [0.1, 0.15) is 4.32 Å². The fourth-order valence-electron chi connectivity index (χ4n) is 3.17. The average Bonchev–Trinajstić information content (AvgIpc) is 2.98. The quantitative estimate of drug-likeness (QED) is 0.326. The van der Waals surface area contributed by atoms with Crippen molar-refractivity contribution in [2.45, 2.75) is 39.5 Å². The van der Waals surface area contributed by atoms with Gasteiger partial charge >= 0.3 is 0 Å². The van der Waals surface area contributed by atoms with Crippen LogP contribution in [-0.4, -0.2) is 27.6 Å². The van der Waals surface area contributed by atoms with Gasteiger partial charge in [-0.05, 0) is 61.6 Å². The summed E-state index contributed by atoms with van der Waals surface area (Å²) in [6, 6.07) is 15.7. The lowest BCUT2D eigenvalue weighted by atomic mass is 10.1. The number of thiocarbonyl (C=S) groups is 1. The van der Waals surface area contributed by atoms with Crippen LogP contribution >= 0.6 is 24.0 Å². The number of hydrogen-bond donors (Lipinski definition) is 1. The summed E-state index contributed by atoms with van der Waals surface area (Å²) in [5.74, 6) is -0.00371. The summed E-state index contributed by atoms with van der Waals surface area (Å²) < 4.78 is 0.606. The Morgan fingerprint density at radius 2 is 1.83 bits per heavy atom. The van der Waals surface area contributed by atoms with E-state index in [0.717, 1.165) is 36.1 Å². The van der Waals surface area contributed by atoms with Crippen LogP contribution in [0.4, 0.5) is 5.69 Å². The van der Waals surface area contributed by atoms with Crippen LogP contribution in [0.5, 0.6) is 0 Å². The second-order valence-electron chi connectivity index (χ2n) is 7.40. The Labute approximate surface area is 187 Å². The first-order chi connectivity index (χ1) is 14.4. The number of hydrogen-bond acceptors (Lipinski definition) is 4. The Morgan fingerprint density at radius 1 is 1.07 bits per heavy atom. The molecule has 3 rings (SSSR count). The van der Waals surface area contributed by atoms with Crippen LogP contribution in [0.15, 0.2) is 53.4 Å². The maximum atomic E-state index is 12.6. The molecular formula is C24H26N2O2S2. The number of rotatable bonds is 8. The fraction of sp³-hybridized carbons (Fsp3) is 0.292. The van der Waals surface area contributed by atoms with Crippen molar-refractivity contribution in [2.24, 2.45) is 0 Å². The second-order valence-corrected chi connectivity index (χ2v) is 9.08. The van der Waals surface area contributed by atoms with Crippen molar-refractivity contribution in [2.75, 3.05) is 11.9 Å². The molecule has 1 heterocycles. The molecule has 2 amide bonds. The van der Waals surface area contributed by atoms with Gasteiger partial charge < -0.3 is 5.32 Å². The van der Waals surface area contributed by atoms with Gasteiger partial charge in [0.25, 0.3) is 5.91 Å². The summed E-state index contributed by atoms with van der Waals surface area (Å²) in [5.41, 5.74) is 4.21. The smallest absolute Gasteiger partial charge is 0.266 e. The molecule has 0 atom stereocenters. The minimum atomic E-state index is -0.0265. The molecule has 0 aliphatic carbocycles. The lowest BCUT2D eigenvalue weighted by molar-refractivity contribution is -0.122. The molecule has 1 saturated heterocycles. The van der Waals surface area contributed by atoms with E-state index < -0.39 is 0 Å². The van der Waals surface area contributed by atoms with Crippen molar-refractivity contribution >= 4 is 51.9 Å². The first-order valence-electron chi connectivity index (χ1n) is 10.1. The molecule has 1 aliphatic heterocycles. The third-order valence-corrected chi connectivity index (χ3v) is 6.42. The average molecular weight is 439 g/mol. The van der Waals surface area contributed by atoms with Crippen molar-refractivity contribution in [1.82, 2.24) is 4.90 Å². The largest absolute Gasteiger partial charge is 0.326 e. The number of aryl methyl sites for hydroxylation is 2. The molecule has 4 nitrogen and oxygen atoms in total. The Bertz CT molecular complexity index is 970. The van der Waals surface area contributed by atoms with E-state index in [2.05, 4.69) is 12.2 Å². The summed E-state index contributed by atoms with van der Waals surface area (Å²) in [6.07, 6.45) is 4.83. The summed E-state index contributed by atoms with van der Waals surface area (Å²) in [6.45, 7) is 4.68. The van der Waals surface area contributed by atoms with E-state index in [1.165, 1.54) is 17.3 Å². The summed E-state index contributed by atoms with van der Waals surface area (Å²) in [7, 11) is 0. The monoisotopic (exact) mass is 438 g/mol. The molecule has 156 valence electrons. The third kappa shape index (κ3) is 6.03. The van der Waals surface area contributed by atoms with Crippen LogP contribution in [0.3, 0.4) is 0 Å². The van der Waals surface area contributed by atoms with E-state index in [1.807, 2.05) is 61.5 Å². The zero-order chi connectivity index (χ0) is 21.5. The lowest BCUT2D eigenvalue weighted by Crippen LogP contribution is -2.29. The molecule has 0 saturated carbocycles. The van der Waals surface area contributed by atoms with Gasteiger partial charge in [0.05, 0.1) is 4.91 Å². The fourth-order valence-corrected chi connectivity index (χ4v) is 4.48. The number of anilines is 1. The van der Waals surface area contributed by atoms with Gasteiger partial charge in [-0.1, -0.05) is 66.8 Å². The summed E-state index contributed by atoms with van der Waals surface area (Å²) in [5, 5.41) is 2.95. The van der Waals surface area contributed by atoms with E-state index in [0.29, 0.717) is 22.2 Å². The predicted molar refractivity (Wildman–Crippen MR) is 129 cm³/mol. The molecule has 0 unspecified atom stereocenters. The van der Waals surface area contributed by atoms with Crippen LogP contribution in [0, 0.1) is 13.8 Å². The van der Waals surface area contributed by atoms with E-state index in [-0.39, 0.29) is 11.8 Å². The van der Waals surface area contributed by atoms with Crippen LogP contribution in [0.25, 0.3) is 6.08 Å². The molecule has 0 aromatic heterocycles. The van der Waals surface area contributed by atoms with Crippen molar-refractivity contribution < 1.29 is 9.59 Å². The van der Waals surface area contributed by atoms with E-state index in [4.69, 9.17) is 12.2 Å². The Balaban J connectivity index is 1.40. The van der Waals surface area contributed by atoms with Crippen LogP contribution in [0.2, 0.25) is 0 Å². The maximum absolute atomic E-state index is 12.6. The number of thioether (sulfide) groups is 1. The Kier molecular flexibility index (Phi) is 7.82. The molecular weight excluding hydrogens is 412 g/mol. The maximum Gasteiger partial charge on any atom is 0.266 e. The molecule has 30 heavy (non-hydrogen) atoms. The molecule has 1 fully saturated rings. The topological polar surface area (TPSA) is 49.4 Å². The number of carbonyl (C=O) groups is 2. The van der Waals surface area contributed by atoms with Crippen molar-refractivity contribution in [3.05, 3.63) is 70.1 Å². The number of nitrogens with one attached hydrogen (secondary N) is 1. The molecule has 1 N–H and O–H groups in total. The van der Waals surface area contributed by atoms with Gasteiger partial charge in [-0.2, -0.15) is 0 Å². The van der Waals surface area contributed by atoms with Crippen molar-refractivity contribution in [3.8, 4) is 0 Å². The highest BCUT2D eigenvalue weighted by molar-refractivity contribution is 8.26. The van der Waals surface area contributed by atoms with Crippen LogP contribution in [0.1, 0.15) is 42.4 Å². The molecule has 2 aromatic rings. The van der Waals surface area contributed by atoms with Gasteiger partial charge in [0.2, 0.25) is 5.91 Å². The van der Waals surface area contributed by atoms with Gasteiger partial charge in [-0.25, -0.2) is 0 Å². The van der Waals surface area contributed by atoms with Gasteiger partial charge in [-0.3, -0.25) is 14.5 Å². The van der Waals surface area contributed by atoms with E-state index >= 15 is 0 Å². The highest BCUT2D eigenvalue weighted by Gasteiger charge is 2.31. The van der Waals surface area contributed by atoms with Crippen LogP contribution in [-0.2, 0) is 9.59 Å². The zero-order valence-corrected chi connectivity index (χ0v) is 18.9. The minimum Gasteiger partial charge on any atom is -0.326 e. The number of unbranched alkanes of at least 4 members (excludes halogenated alkanes) is 2. The summed E-state index contributed by atoms with van der Waals surface area (Å²) in [4.78, 5) is 27.1. The van der Waals surface area contributed by atoms with Crippen molar-refractivity contribution in [3.63, 3.8) is 0 Å². The second kappa shape index (κ2) is 10.5. The number of carbonyl (C=O) groups excluding carboxylic acids is 2. The summed E-state index contributed by atoms with van der Waals surface area (Å²) >= 11 is 6.74. The normalized spacial score (nSPS) is 15.1. The van der Waals surface area contributed by atoms with E-state index in [1.54, 1.807) is 4.90 Å². The van der Waals surface area contributed by atoms with Gasteiger partial charge in [0.15, 0.2) is 0 Å². The standard InChI is InChI=1S/C24H26N2O2S2/c1-17-12-13-20(15-18(17)2)25-22(27)11-7-4-8-14-26-23(28)21(30-24(26)29)16-19-9-5-3-6-10-19/h3,5-6,9-10,12-13,15-16H,4,7-8,11,14H2,1-2H3,(H,25,27)/b21-16-. The first-order valence-corrected chi connectivity index (χ1v) is 11.3. The van der Waals surface area contributed by atoms with Crippen molar-refractivity contribution in [1.29, 1.82) is 0 Å². The minimum absolute atomic E-state index is 0.0228. The molecule has 2 aromatic carbocycles. The molecule has 0 spiro atoms. The highest BCUT2D eigenvalue weighted by atomic mass is 32.2. The molecule has 0 bridgehead atoms. The van der Waals surface area contributed by atoms with Gasteiger partial charge in [0, 0.05) is 18.7 Å². The molecule has 1 aliphatic rings.